The number of Topliss-reactive ketones (excluding diaryl/α,β-unsaturated/α-hetero) is 1. The number of benzene rings is 1. The van der Waals surface area contributed by atoms with Crippen molar-refractivity contribution in [3.05, 3.63) is 58.9 Å². The summed E-state index contributed by atoms with van der Waals surface area (Å²) in [5.74, 6) is 0.447. The molecule has 0 heterocycles. The number of nitrogens with zero attached hydrogens (tertiary/aromatic N) is 1. The average Bonchev–Trinajstić information content (AvgIpc) is 2.93. The third-order valence-corrected chi connectivity index (χ3v) is 4.27. The molecule has 1 aromatic carbocycles. The lowest BCUT2D eigenvalue weighted by Gasteiger charge is -2.20. The lowest BCUT2D eigenvalue weighted by molar-refractivity contribution is -0.115. The Balaban J connectivity index is 1.72. The van der Waals surface area contributed by atoms with Gasteiger partial charge in [-0.05, 0) is 48.0 Å². The Morgan fingerprint density at radius 2 is 1.82 bits per heavy atom. The van der Waals surface area contributed by atoms with Crippen LogP contribution in [0.3, 0.4) is 0 Å². The van der Waals surface area contributed by atoms with Crippen molar-refractivity contribution in [2.45, 2.75) is 13.8 Å². The van der Waals surface area contributed by atoms with Gasteiger partial charge in [-0.15, -0.1) is 0 Å². The summed E-state index contributed by atoms with van der Waals surface area (Å²) in [6.07, 6.45) is 5.76. The molecule has 0 saturated carbocycles. The summed E-state index contributed by atoms with van der Waals surface area (Å²) >= 11 is 0. The van der Waals surface area contributed by atoms with E-state index in [0.29, 0.717) is 12.4 Å². The van der Waals surface area contributed by atoms with Gasteiger partial charge in [0.15, 0.2) is 5.76 Å². The van der Waals surface area contributed by atoms with Gasteiger partial charge in [-0.25, -0.2) is 0 Å². The largest absolute Gasteiger partial charge is 0.488 e. The first-order valence-corrected chi connectivity index (χ1v) is 7.88. The molecule has 3 heteroatoms. The topological polar surface area (TPSA) is 29.5 Å². The highest BCUT2D eigenvalue weighted by Gasteiger charge is 2.29. The molecule has 3 rings (SSSR count). The van der Waals surface area contributed by atoms with Gasteiger partial charge in [-0.2, -0.15) is 0 Å². The standard InChI is InChI=1S/C19H21NO2/c1-3-20(4-2)11-12-22-18-10-9-16-15-8-6-5-7-14(15)13-17(16)19(18)21/h5-10,13H,3-4,11-12H2,1-2H3. The summed E-state index contributed by atoms with van der Waals surface area (Å²) in [7, 11) is 0. The summed E-state index contributed by atoms with van der Waals surface area (Å²) < 4.78 is 5.72. The number of hydrogen-bond acceptors (Lipinski definition) is 3. The van der Waals surface area contributed by atoms with Crippen LogP contribution in [0.4, 0.5) is 0 Å². The van der Waals surface area contributed by atoms with Gasteiger partial charge in [0.2, 0.25) is 5.78 Å². The van der Waals surface area contributed by atoms with Gasteiger partial charge in [0.1, 0.15) is 6.61 Å². The van der Waals surface area contributed by atoms with Gasteiger partial charge < -0.3 is 9.64 Å². The highest BCUT2D eigenvalue weighted by Crippen LogP contribution is 2.39. The SMILES string of the molecule is CCN(CC)CCOC1=CC=C2C(=Cc3ccccc32)C1=O. The highest BCUT2D eigenvalue weighted by atomic mass is 16.5. The van der Waals surface area contributed by atoms with Crippen LogP contribution in [0.1, 0.15) is 25.0 Å². The first-order chi connectivity index (χ1) is 10.7. The number of carbonyl (C=O) groups excluding carboxylic acids is 1. The van der Waals surface area contributed by atoms with Crippen LogP contribution >= 0.6 is 0 Å². The van der Waals surface area contributed by atoms with E-state index in [0.717, 1.165) is 41.9 Å². The van der Waals surface area contributed by atoms with Gasteiger partial charge >= 0.3 is 0 Å². The number of ketones is 1. The number of ether oxygens (including phenoxy) is 1. The monoisotopic (exact) mass is 295 g/mol. The van der Waals surface area contributed by atoms with E-state index in [1.165, 1.54) is 0 Å². The molecule has 0 bridgehead atoms. The number of allylic oxidation sites excluding steroid dienone is 4. The molecule has 0 N–H and O–H groups in total. The first-order valence-electron chi connectivity index (χ1n) is 7.88. The molecule has 3 nitrogen and oxygen atoms in total. The molecular weight excluding hydrogens is 274 g/mol. The van der Waals surface area contributed by atoms with E-state index < -0.39 is 0 Å². The quantitative estimate of drug-likeness (QED) is 0.806. The normalized spacial score (nSPS) is 16.0. The Bertz CT molecular complexity index is 678. The Kier molecular flexibility index (Phi) is 4.25. The summed E-state index contributed by atoms with van der Waals surface area (Å²) in [5, 5.41) is 0. The zero-order valence-corrected chi connectivity index (χ0v) is 13.1. The maximum Gasteiger partial charge on any atom is 0.228 e. The van der Waals surface area contributed by atoms with Gasteiger partial charge in [0.05, 0.1) is 0 Å². The van der Waals surface area contributed by atoms with Crippen molar-refractivity contribution in [3.8, 4) is 0 Å². The van der Waals surface area contributed by atoms with Crippen molar-refractivity contribution in [2.75, 3.05) is 26.2 Å². The number of carbonyl (C=O) groups is 1. The van der Waals surface area contributed by atoms with Crippen molar-refractivity contribution in [1.82, 2.24) is 4.90 Å². The Morgan fingerprint density at radius 3 is 2.59 bits per heavy atom. The maximum atomic E-state index is 12.6. The molecule has 0 aliphatic heterocycles. The van der Waals surface area contributed by atoms with Crippen molar-refractivity contribution in [1.29, 1.82) is 0 Å². The van der Waals surface area contributed by atoms with Gasteiger partial charge in [0, 0.05) is 12.1 Å². The van der Waals surface area contributed by atoms with E-state index in [2.05, 4.69) is 24.8 Å². The van der Waals surface area contributed by atoms with Gasteiger partial charge in [-0.3, -0.25) is 4.79 Å². The minimum absolute atomic E-state index is 0.00625. The molecule has 0 saturated heterocycles. The van der Waals surface area contributed by atoms with Gasteiger partial charge in [-0.1, -0.05) is 38.1 Å². The highest BCUT2D eigenvalue weighted by molar-refractivity contribution is 6.25. The van der Waals surface area contributed by atoms with Crippen LogP contribution in [0, 0.1) is 0 Å². The smallest absolute Gasteiger partial charge is 0.228 e. The van der Waals surface area contributed by atoms with Crippen molar-refractivity contribution < 1.29 is 9.53 Å². The van der Waals surface area contributed by atoms with Crippen LogP contribution in [0.2, 0.25) is 0 Å². The molecule has 22 heavy (non-hydrogen) atoms. The predicted molar refractivity (Wildman–Crippen MR) is 89.2 cm³/mol. The summed E-state index contributed by atoms with van der Waals surface area (Å²) in [5.41, 5.74) is 4.00. The molecule has 0 unspecified atom stereocenters. The summed E-state index contributed by atoms with van der Waals surface area (Å²) in [6.45, 7) is 7.64. The molecule has 2 aliphatic carbocycles. The third kappa shape index (κ3) is 2.64. The van der Waals surface area contributed by atoms with E-state index >= 15 is 0 Å². The van der Waals surface area contributed by atoms with Gasteiger partial charge in [0.25, 0.3) is 0 Å². The fraction of sp³-hybridized carbons (Fsp3) is 0.316. The third-order valence-electron chi connectivity index (χ3n) is 4.27. The second kappa shape index (κ2) is 6.32. The zero-order valence-electron chi connectivity index (χ0n) is 13.1. The lowest BCUT2D eigenvalue weighted by Crippen LogP contribution is -2.27. The summed E-state index contributed by atoms with van der Waals surface area (Å²) in [4.78, 5) is 14.9. The molecule has 0 atom stereocenters. The minimum Gasteiger partial charge on any atom is -0.488 e. The number of rotatable bonds is 6. The van der Waals surface area contributed by atoms with Crippen LogP contribution in [-0.2, 0) is 9.53 Å². The van der Waals surface area contributed by atoms with E-state index in [9.17, 15) is 4.79 Å². The average molecular weight is 295 g/mol. The van der Waals surface area contributed by atoms with E-state index in [1.807, 2.05) is 30.4 Å². The number of fused-ring (bicyclic) bond motifs is 3. The lowest BCUT2D eigenvalue weighted by atomic mass is 9.95. The number of likely N-dealkylation sites (N-methyl/N-ethyl adjacent to an activating group) is 1. The zero-order chi connectivity index (χ0) is 15.5. The molecule has 0 spiro atoms. The van der Waals surface area contributed by atoms with Crippen molar-refractivity contribution in [3.63, 3.8) is 0 Å². The van der Waals surface area contributed by atoms with E-state index in [4.69, 9.17) is 4.74 Å². The fourth-order valence-electron chi connectivity index (χ4n) is 2.92. The Hall–Kier alpha value is -2.13. The maximum absolute atomic E-state index is 12.6. The van der Waals surface area contributed by atoms with E-state index in [-0.39, 0.29) is 5.78 Å². The molecule has 0 amide bonds. The number of hydrogen-bond donors (Lipinski definition) is 0. The van der Waals surface area contributed by atoms with Crippen molar-refractivity contribution >= 4 is 17.4 Å². The molecule has 0 aromatic heterocycles. The van der Waals surface area contributed by atoms with Crippen molar-refractivity contribution in [2.24, 2.45) is 0 Å². The molecule has 114 valence electrons. The molecule has 2 aliphatic rings. The first kappa shape index (κ1) is 14.8. The minimum atomic E-state index is -0.00625. The Morgan fingerprint density at radius 1 is 1.05 bits per heavy atom. The van der Waals surface area contributed by atoms with Crippen LogP contribution in [-0.4, -0.2) is 36.9 Å². The predicted octanol–water partition coefficient (Wildman–Crippen LogP) is 3.29. The molecular formula is C19H21NO2. The van der Waals surface area contributed by atoms with Crippen LogP contribution in [0.25, 0.3) is 11.6 Å². The second-order valence-corrected chi connectivity index (χ2v) is 5.46. The Labute approximate surface area is 131 Å². The summed E-state index contributed by atoms with van der Waals surface area (Å²) in [6, 6.07) is 8.08. The van der Waals surface area contributed by atoms with Crippen LogP contribution in [0.15, 0.2) is 47.7 Å². The molecule has 1 aromatic rings. The van der Waals surface area contributed by atoms with E-state index in [1.54, 1.807) is 6.08 Å². The van der Waals surface area contributed by atoms with Crippen LogP contribution in [0.5, 0.6) is 0 Å². The second-order valence-electron chi connectivity index (χ2n) is 5.46. The molecule has 0 fully saturated rings. The van der Waals surface area contributed by atoms with Crippen LogP contribution < -0.4 is 0 Å². The fourth-order valence-corrected chi connectivity index (χ4v) is 2.92. The molecule has 0 radical (unpaired) electrons.